The number of nitrogens with zero attached hydrogens (tertiary/aromatic N) is 4. The van der Waals surface area contributed by atoms with Crippen molar-refractivity contribution < 1.29 is 50.9 Å². The van der Waals surface area contributed by atoms with E-state index in [1.165, 1.54) is 0 Å². The molecule has 7 N–H and O–H groups in total. The number of anilines is 1. The van der Waals surface area contributed by atoms with E-state index >= 15 is 0 Å². The lowest BCUT2D eigenvalue weighted by Gasteiger charge is -2.10. The first-order valence-electron chi connectivity index (χ1n) is 9.98. The predicted molar refractivity (Wildman–Crippen MR) is 124 cm³/mol. The Balaban J connectivity index is 0.000000449. The molecule has 0 amide bonds. The Hall–Kier alpha value is -5.16. The van der Waals surface area contributed by atoms with Crippen LogP contribution in [0.15, 0.2) is 59.9 Å². The van der Waals surface area contributed by atoms with Crippen molar-refractivity contribution in [2.75, 3.05) is 12.4 Å². The Bertz CT molecular complexity index is 1260. The van der Waals surface area contributed by atoms with Gasteiger partial charge in [0.15, 0.2) is 5.96 Å². The summed E-state index contributed by atoms with van der Waals surface area (Å²) in [7, 11) is 1.76. The second-order valence-electron chi connectivity index (χ2n) is 6.61. The van der Waals surface area contributed by atoms with Gasteiger partial charge in [-0.15, -0.1) is 0 Å². The molecule has 1 aromatic carbocycles. The number of hydrogen-bond acceptors (Lipinski definition) is 8. The third kappa shape index (κ3) is 11.6. The molecule has 0 fully saturated rings. The van der Waals surface area contributed by atoms with Gasteiger partial charge >= 0.3 is 24.3 Å². The van der Waals surface area contributed by atoms with Gasteiger partial charge in [0.2, 0.25) is 11.8 Å². The first kappa shape index (κ1) is 31.9. The summed E-state index contributed by atoms with van der Waals surface area (Å²) in [4.78, 5) is 34.6. The first-order valence-corrected chi connectivity index (χ1v) is 9.98. The minimum absolute atomic E-state index is 0.00443. The lowest BCUT2D eigenvalue weighted by Crippen LogP contribution is -2.21. The molecule has 0 aliphatic rings. The van der Waals surface area contributed by atoms with Gasteiger partial charge in [0.25, 0.3) is 0 Å². The molecule has 0 radical (unpaired) electrons. The number of ether oxygens (including phenoxy) is 1. The van der Waals surface area contributed by atoms with Gasteiger partial charge in [-0.25, -0.2) is 29.5 Å². The summed E-state index contributed by atoms with van der Waals surface area (Å²) in [5.74, 6) is -3.94. The minimum Gasteiger partial charge on any atom is -0.475 e. The molecule has 2 aromatic heterocycles. The zero-order chi connectivity index (χ0) is 29.8. The molecule has 2 heterocycles. The fourth-order valence-electron chi connectivity index (χ4n) is 2.15. The molecule has 0 aliphatic heterocycles. The van der Waals surface area contributed by atoms with Crippen LogP contribution in [0.25, 0.3) is 11.3 Å². The lowest BCUT2D eigenvalue weighted by molar-refractivity contribution is -0.193. The number of aliphatic imine (C=N–C) groups is 1. The number of aliphatic carboxylic acids is 2. The van der Waals surface area contributed by atoms with E-state index in [-0.39, 0.29) is 5.96 Å². The number of guanidine groups is 1. The van der Waals surface area contributed by atoms with Crippen molar-refractivity contribution in [2.45, 2.75) is 12.4 Å². The van der Waals surface area contributed by atoms with E-state index in [2.05, 4.69) is 25.3 Å². The van der Waals surface area contributed by atoms with Crippen molar-refractivity contribution in [3.8, 4) is 22.9 Å². The van der Waals surface area contributed by atoms with Crippen LogP contribution in [-0.2, 0) is 9.59 Å². The van der Waals surface area contributed by atoms with Crippen LogP contribution in [0.1, 0.15) is 0 Å². The zero-order valence-electron chi connectivity index (χ0n) is 19.5. The number of rotatable bonds is 5. The van der Waals surface area contributed by atoms with Gasteiger partial charge in [-0.05, 0) is 42.5 Å². The first-order chi connectivity index (χ1) is 18.0. The van der Waals surface area contributed by atoms with Gasteiger partial charge < -0.3 is 31.7 Å². The molecule has 0 saturated carbocycles. The smallest absolute Gasteiger partial charge is 0.475 e. The van der Waals surface area contributed by atoms with Gasteiger partial charge in [-0.3, -0.25) is 0 Å². The second kappa shape index (κ2) is 14.0. The number of aromatic nitrogens is 3. The molecule has 0 unspecified atom stereocenters. The Labute approximate surface area is 215 Å². The number of alkyl halides is 6. The standard InChI is InChI=1S/C17H17N7O.2C2HF3O2/c1-20-17-22-10-8-14(24-17)13-3-2-9-21-15(13)25-12-6-4-11(5-7-12)23-16(18)19;2*3-2(4,5)1(6)7/h2-10H,1H3,(H4,18,19,23)(H,20,22,24);2*(H,6,7). The average molecular weight is 563 g/mol. The molecule has 0 bridgehead atoms. The number of carbonyl (C=O) groups is 2. The molecule has 3 rings (SSSR count). The topological polar surface area (TPSA) is 199 Å². The van der Waals surface area contributed by atoms with E-state index in [0.29, 0.717) is 29.0 Å². The summed E-state index contributed by atoms with van der Waals surface area (Å²) < 4.78 is 69.4. The SMILES string of the molecule is CNc1nccc(-c2cccnc2Oc2ccc(N=C(N)N)cc2)n1.O=C(O)C(F)(F)F.O=C(O)C(F)(F)F. The van der Waals surface area contributed by atoms with Crippen molar-refractivity contribution in [1.29, 1.82) is 0 Å². The molecular weight excluding hydrogens is 544 g/mol. The Morgan fingerprint density at radius 2 is 1.44 bits per heavy atom. The molecule has 18 heteroatoms. The number of hydrogen-bond donors (Lipinski definition) is 5. The van der Waals surface area contributed by atoms with Crippen LogP contribution < -0.4 is 21.5 Å². The third-order valence-corrected chi connectivity index (χ3v) is 3.72. The quantitative estimate of drug-likeness (QED) is 0.173. The number of carboxylic acid groups (broad SMARTS) is 2. The molecule has 39 heavy (non-hydrogen) atoms. The van der Waals surface area contributed by atoms with Crippen LogP contribution >= 0.6 is 0 Å². The fraction of sp³-hybridized carbons (Fsp3) is 0.143. The third-order valence-electron chi connectivity index (χ3n) is 3.72. The molecule has 0 atom stereocenters. The van der Waals surface area contributed by atoms with Crippen molar-refractivity contribution >= 4 is 29.5 Å². The molecule has 0 spiro atoms. The van der Waals surface area contributed by atoms with Crippen LogP contribution in [0.4, 0.5) is 38.0 Å². The summed E-state index contributed by atoms with van der Waals surface area (Å²) in [6.45, 7) is 0. The minimum atomic E-state index is -5.08. The summed E-state index contributed by atoms with van der Waals surface area (Å²) in [6, 6.07) is 12.5. The van der Waals surface area contributed by atoms with Crippen LogP contribution in [-0.4, -0.2) is 62.5 Å². The maximum Gasteiger partial charge on any atom is 0.490 e. The molecule has 3 aromatic rings. The van der Waals surface area contributed by atoms with E-state index < -0.39 is 24.3 Å². The van der Waals surface area contributed by atoms with Gasteiger partial charge in [0.1, 0.15) is 5.75 Å². The molecule has 0 aliphatic carbocycles. The Kier molecular flexibility index (Phi) is 11.4. The zero-order valence-corrected chi connectivity index (χ0v) is 19.5. The summed E-state index contributed by atoms with van der Waals surface area (Å²) in [5, 5.41) is 17.2. The Morgan fingerprint density at radius 1 is 0.897 bits per heavy atom. The van der Waals surface area contributed by atoms with Crippen LogP contribution in [0.3, 0.4) is 0 Å². The highest BCUT2D eigenvalue weighted by molar-refractivity contribution is 5.79. The number of carboxylic acids is 2. The average Bonchev–Trinajstić information content (AvgIpc) is 2.85. The van der Waals surface area contributed by atoms with Crippen LogP contribution in [0.5, 0.6) is 11.6 Å². The summed E-state index contributed by atoms with van der Waals surface area (Å²) in [6.07, 6.45) is -6.83. The van der Waals surface area contributed by atoms with Gasteiger partial charge in [-0.1, -0.05) is 0 Å². The summed E-state index contributed by atoms with van der Waals surface area (Å²) in [5.41, 5.74) is 12.8. The van der Waals surface area contributed by atoms with E-state index in [4.69, 9.17) is 36.0 Å². The van der Waals surface area contributed by atoms with Crippen molar-refractivity contribution in [1.82, 2.24) is 15.0 Å². The number of pyridine rings is 1. The highest BCUT2D eigenvalue weighted by Gasteiger charge is 2.38. The van der Waals surface area contributed by atoms with E-state index in [9.17, 15) is 26.3 Å². The van der Waals surface area contributed by atoms with Crippen LogP contribution in [0, 0.1) is 0 Å². The summed E-state index contributed by atoms with van der Waals surface area (Å²) >= 11 is 0. The molecule has 210 valence electrons. The maximum absolute atomic E-state index is 10.6. The largest absolute Gasteiger partial charge is 0.490 e. The van der Waals surface area contributed by atoms with Crippen LogP contribution in [0.2, 0.25) is 0 Å². The van der Waals surface area contributed by atoms with Crippen molar-refractivity contribution in [2.24, 2.45) is 16.5 Å². The number of halogens is 6. The fourth-order valence-corrected chi connectivity index (χ4v) is 2.15. The second-order valence-corrected chi connectivity index (χ2v) is 6.61. The highest BCUT2D eigenvalue weighted by atomic mass is 19.4. The maximum atomic E-state index is 10.6. The monoisotopic (exact) mass is 563 g/mol. The van der Waals surface area contributed by atoms with E-state index in [1.807, 2.05) is 12.1 Å². The molecule has 12 nitrogen and oxygen atoms in total. The van der Waals surface area contributed by atoms with Gasteiger partial charge in [0, 0.05) is 19.4 Å². The number of benzene rings is 1. The van der Waals surface area contributed by atoms with E-state index in [0.717, 1.165) is 5.56 Å². The number of nitrogens with one attached hydrogen (secondary N) is 1. The Morgan fingerprint density at radius 3 is 1.90 bits per heavy atom. The van der Waals surface area contributed by atoms with E-state index in [1.54, 1.807) is 49.8 Å². The van der Waals surface area contributed by atoms with Gasteiger partial charge in [-0.2, -0.15) is 26.3 Å². The molecular formula is C21H19F6N7O5. The predicted octanol–water partition coefficient (Wildman–Crippen LogP) is 3.54. The van der Waals surface area contributed by atoms with Gasteiger partial charge in [0.05, 0.1) is 16.9 Å². The number of nitrogens with two attached hydrogens (primary N) is 2. The van der Waals surface area contributed by atoms with Crippen molar-refractivity contribution in [3.05, 3.63) is 54.9 Å². The lowest BCUT2D eigenvalue weighted by atomic mass is 10.2. The van der Waals surface area contributed by atoms with Crippen molar-refractivity contribution in [3.63, 3.8) is 0 Å². The highest BCUT2D eigenvalue weighted by Crippen LogP contribution is 2.31. The normalized spacial score (nSPS) is 10.5. The molecule has 0 saturated heterocycles.